The molecule has 0 saturated heterocycles. The molecule has 1 heterocycles. The number of aromatic nitrogens is 2. The summed E-state index contributed by atoms with van der Waals surface area (Å²) in [7, 11) is 3.31. The summed E-state index contributed by atoms with van der Waals surface area (Å²) in [5, 5.41) is 5.61. The van der Waals surface area contributed by atoms with E-state index in [9.17, 15) is 0 Å². The smallest absolute Gasteiger partial charge is 0.121 e. The lowest BCUT2D eigenvalue weighted by Crippen LogP contribution is -1.94. The van der Waals surface area contributed by atoms with Gasteiger partial charge in [-0.1, -0.05) is 6.07 Å². The Balaban J connectivity index is 2.14. The quantitative estimate of drug-likeness (QED) is 0.731. The molecule has 0 atom stereocenters. The van der Waals surface area contributed by atoms with E-state index >= 15 is 0 Å². The van der Waals surface area contributed by atoms with Gasteiger partial charge in [0.1, 0.15) is 17.0 Å². The van der Waals surface area contributed by atoms with Crippen molar-refractivity contribution in [1.82, 2.24) is 9.78 Å². The molecular formula is C15H13BrN2O2. The number of fused-ring (bicyclic) bond motifs is 1. The lowest BCUT2D eigenvalue weighted by Gasteiger charge is -2.03. The normalized spacial score (nSPS) is 10.8. The minimum Gasteiger partial charge on any atom is -0.497 e. The topological polar surface area (TPSA) is 36.3 Å². The van der Waals surface area contributed by atoms with Gasteiger partial charge in [0, 0.05) is 22.1 Å². The summed E-state index contributed by atoms with van der Waals surface area (Å²) in [5.74, 6) is 1.60. The first-order valence-electron chi connectivity index (χ1n) is 6.08. The van der Waals surface area contributed by atoms with Crippen molar-refractivity contribution in [1.29, 1.82) is 0 Å². The summed E-state index contributed by atoms with van der Waals surface area (Å²) in [6.45, 7) is 0. The van der Waals surface area contributed by atoms with Crippen LogP contribution in [-0.2, 0) is 0 Å². The molecule has 1 aromatic heterocycles. The Labute approximate surface area is 125 Å². The monoisotopic (exact) mass is 332 g/mol. The zero-order valence-electron chi connectivity index (χ0n) is 11.1. The predicted molar refractivity (Wildman–Crippen MR) is 81.9 cm³/mol. The van der Waals surface area contributed by atoms with Crippen LogP contribution in [0.5, 0.6) is 11.5 Å². The van der Waals surface area contributed by atoms with Gasteiger partial charge in [0.25, 0.3) is 0 Å². The molecule has 2 aromatic carbocycles. The summed E-state index contributed by atoms with van der Waals surface area (Å²) in [6.07, 6.45) is 1.97. The zero-order valence-corrected chi connectivity index (χ0v) is 12.7. The molecule has 0 aliphatic rings. The average molecular weight is 333 g/mol. The van der Waals surface area contributed by atoms with E-state index in [1.807, 2.05) is 47.3 Å². The molecule has 20 heavy (non-hydrogen) atoms. The van der Waals surface area contributed by atoms with Gasteiger partial charge in [0.2, 0.25) is 0 Å². The summed E-state index contributed by atoms with van der Waals surface area (Å²) >= 11 is 3.52. The third-order valence-electron chi connectivity index (χ3n) is 3.09. The van der Waals surface area contributed by atoms with Gasteiger partial charge in [-0.15, -0.1) is 0 Å². The zero-order chi connectivity index (χ0) is 14.1. The molecule has 0 N–H and O–H groups in total. The molecule has 0 amide bonds. The number of hydrogen-bond acceptors (Lipinski definition) is 3. The fraction of sp³-hybridized carbons (Fsp3) is 0.133. The molecule has 0 radical (unpaired) electrons. The third-order valence-corrected chi connectivity index (χ3v) is 3.69. The van der Waals surface area contributed by atoms with Crippen molar-refractivity contribution in [2.45, 2.75) is 0 Å². The first-order chi connectivity index (χ1) is 9.71. The van der Waals surface area contributed by atoms with Gasteiger partial charge < -0.3 is 9.47 Å². The van der Waals surface area contributed by atoms with Gasteiger partial charge in [0.15, 0.2) is 0 Å². The molecular weight excluding hydrogens is 320 g/mol. The van der Waals surface area contributed by atoms with E-state index in [-0.39, 0.29) is 0 Å². The average Bonchev–Trinajstić information content (AvgIpc) is 2.92. The summed E-state index contributed by atoms with van der Waals surface area (Å²) < 4.78 is 13.2. The summed E-state index contributed by atoms with van der Waals surface area (Å²) in [6, 6.07) is 11.6. The Morgan fingerprint density at radius 2 is 1.85 bits per heavy atom. The van der Waals surface area contributed by atoms with Crippen molar-refractivity contribution in [3.8, 4) is 17.2 Å². The van der Waals surface area contributed by atoms with Crippen LogP contribution in [0, 0.1) is 0 Å². The largest absolute Gasteiger partial charge is 0.497 e. The van der Waals surface area contributed by atoms with E-state index in [0.29, 0.717) is 0 Å². The van der Waals surface area contributed by atoms with Gasteiger partial charge in [-0.25, -0.2) is 4.68 Å². The van der Waals surface area contributed by atoms with E-state index in [4.69, 9.17) is 9.47 Å². The number of ether oxygens (including phenoxy) is 2. The second-order valence-electron chi connectivity index (χ2n) is 4.32. The number of hydrogen-bond donors (Lipinski definition) is 0. The van der Waals surface area contributed by atoms with Crippen LogP contribution in [0.15, 0.2) is 47.1 Å². The standard InChI is InChI=1S/C15H13BrN2O2/c1-19-12-5-3-4-11(7-12)18-9-10-6-13(20-2)8-14(16)15(10)17-18/h3-9H,1-2H3. The van der Waals surface area contributed by atoms with Crippen molar-refractivity contribution in [3.63, 3.8) is 0 Å². The molecule has 0 saturated carbocycles. The van der Waals surface area contributed by atoms with E-state index in [2.05, 4.69) is 21.0 Å². The van der Waals surface area contributed by atoms with E-state index in [1.54, 1.807) is 14.2 Å². The maximum atomic E-state index is 5.27. The summed E-state index contributed by atoms with van der Waals surface area (Å²) in [4.78, 5) is 0. The molecule has 5 heteroatoms. The molecule has 3 aromatic rings. The highest BCUT2D eigenvalue weighted by Gasteiger charge is 2.09. The molecule has 0 aliphatic carbocycles. The van der Waals surface area contributed by atoms with E-state index < -0.39 is 0 Å². The highest BCUT2D eigenvalue weighted by Crippen LogP contribution is 2.29. The van der Waals surface area contributed by atoms with Crippen LogP contribution in [0.3, 0.4) is 0 Å². The molecule has 0 spiro atoms. The van der Waals surface area contributed by atoms with Crippen LogP contribution in [0.25, 0.3) is 16.6 Å². The second-order valence-corrected chi connectivity index (χ2v) is 5.18. The molecule has 3 rings (SSSR count). The first-order valence-corrected chi connectivity index (χ1v) is 6.88. The fourth-order valence-corrected chi connectivity index (χ4v) is 2.60. The number of rotatable bonds is 3. The molecule has 0 bridgehead atoms. The van der Waals surface area contributed by atoms with E-state index in [0.717, 1.165) is 32.6 Å². The van der Waals surface area contributed by atoms with Gasteiger partial charge in [-0.05, 0) is 40.2 Å². The Morgan fingerprint density at radius 1 is 1.05 bits per heavy atom. The number of halogens is 1. The highest BCUT2D eigenvalue weighted by atomic mass is 79.9. The Bertz CT molecular complexity index is 768. The Hall–Kier alpha value is -2.01. The third kappa shape index (κ3) is 2.25. The van der Waals surface area contributed by atoms with Crippen LogP contribution >= 0.6 is 15.9 Å². The molecule has 0 aliphatic heterocycles. The van der Waals surface area contributed by atoms with E-state index in [1.165, 1.54) is 0 Å². The maximum absolute atomic E-state index is 5.27. The maximum Gasteiger partial charge on any atom is 0.121 e. The van der Waals surface area contributed by atoms with Crippen LogP contribution in [-0.4, -0.2) is 24.0 Å². The van der Waals surface area contributed by atoms with Crippen molar-refractivity contribution in [2.24, 2.45) is 0 Å². The minimum atomic E-state index is 0.801. The Morgan fingerprint density at radius 3 is 2.60 bits per heavy atom. The van der Waals surface area contributed by atoms with Crippen LogP contribution < -0.4 is 9.47 Å². The molecule has 0 unspecified atom stereocenters. The van der Waals surface area contributed by atoms with Crippen LogP contribution in [0.4, 0.5) is 0 Å². The van der Waals surface area contributed by atoms with Crippen molar-refractivity contribution >= 4 is 26.8 Å². The number of benzene rings is 2. The van der Waals surface area contributed by atoms with Crippen molar-refractivity contribution in [2.75, 3.05) is 14.2 Å². The van der Waals surface area contributed by atoms with Gasteiger partial charge in [0.05, 0.1) is 19.9 Å². The lowest BCUT2D eigenvalue weighted by atomic mass is 10.2. The molecule has 102 valence electrons. The fourth-order valence-electron chi connectivity index (χ4n) is 2.07. The van der Waals surface area contributed by atoms with Crippen LogP contribution in [0.1, 0.15) is 0 Å². The summed E-state index contributed by atoms with van der Waals surface area (Å²) in [5.41, 5.74) is 1.85. The second kappa shape index (κ2) is 5.17. The molecule has 0 fully saturated rings. The van der Waals surface area contributed by atoms with Gasteiger partial charge >= 0.3 is 0 Å². The van der Waals surface area contributed by atoms with Crippen molar-refractivity contribution in [3.05, 3.63) is 47.1 Å². The number of nitrogens with zero attached hydrogens (tertiary/aromatic N) is 2. The number of methoxy groups -OCH3 is 2. The SMILES string of the molecule is COc1cccc(-n2cc3cc(OC)cc(Br)c3n2)c1. The highest BCUT2D eigenvalue weighted by molar-refractivity contribution is 9.10. The Kier molecular flexibility index (Phi) is 3.36. The van der Waals surface area contributed by atoms with Crippen molar-refractivity contribution < 1.29 is 9.47 Å². The van der Waals surface area contributed by atoms with Gasteiger partial charge in [-0.2, -0.15) is 5.10 Å². The first kappa shape index (κ1) is 13.0. The predicted octanol–water partition coefficient (Wildman–Crippen LogP) is 3.81. The van der Waals surface area contributed by atoms with Crippen LogP contribution in [0.2, 0.25) is 0 Å². The molecule has 4 nitrogen and oxygen atoms in total. The lowest BCUT2D eigenvalue weighted by molar-refractivity contribution is 0.414. The minimum absolute atomic E-state index is 0.801. The van der Waals surface area contributed by atoms with Gasteiger partial charge in [-0.3, -0.25) is 0 Å².